The zero-order valence-corrected chi connectivity index (χ0v) is 19.9. The molecule has 168 valence electrons. The fourth-order valence-corrected chi connectivity index (χ4v) is 6.05. The Morgan fingerprint density at radius 2 is 0.882 bits per heavy atom. The van der Waals surface area contributed by atoms with Gasteiger partial charge >= 0.3 is 8.25 Å². The highest BCUT2D eigenvalue weighted by Gasteiger charge is 2.30. The molecule has 0 fully saturated rings. The second-order valence-electron chi connectivity index (χ2n) is 9.08. The maximum atomic E-state index is 13.1. The van der Waals surface area contributed by atoms with Crippen molar-refractivity contribution in [3.63, 3.8) is 0 Å². The molecule has 0 atom stereocenters. The molecule has 4 aromatic rings. The SMILES string of the molecule is O=[P+](Oc1cccc2c1CCc1ccccc1C2)Oc1cccc2c1CCc1ccccc1C2. The Labute approximate surface area is 201 Å². The van der Waals surface area contributed by atoms with Gasteiger partial charge in [-0.05, 0) is 84.0 Å². The van der Waals surface area contributed by atoms with Crippen molar-refractivity contribution >= 4 is 8.25 Å². The minimum absolute atomic E-state index is 0.667. The van der Waals surface area contributed by atoms with Gasteiger partial charge in [0.25, 0.3) is 0 Å². The summed E-state index contributed by atoms with van der Waals surface area (Å²) in [5, 5.41) is 0. The molecule has 2 aliphatic rings. The minimum atomic E-state index is -2.35. The van der Waals surface area contributed by atoms with E-state index in [1.54, 1.807) is 0 Å². The van der Waals surface area contributed by atoms with Crippen molar-refractivity contribution in [2.45, 2.75) is 38.5 Å². The highest BCUT2D eigenvalue weighted by atomic mass is 31.1. The molecule has 0 aromatic heterocycles. The normalized spacial score (nSPS) is 13.9. The Balaban J connectivity index is 1.23. The summed E-state index contributed by atoms with van der Waals surface area (Å²) in [4.78, 5) is 0. The van der Waals surface area contributed by atoms with Crippen LogP contribution in [-0.2, 0) is 43.1 Å². The minimum Gasteiger partial charge on any atom is -0.222 e. The zero-order valence-electron chi connectivity index (χ0n) is 19.0. The maximum absolute atomic E-state index is 13.1. The lowest BCUT2D eigenvalue weighted by Crippen LogP contribution is -2.00. The second-order valence-corrected chi connectivity index (χ2v) is 9.90. The predicted octanol–water partition coefficient (Wildman–Crippen LogP) is 7.18. The van der Waals surface area contributed by atoms with Crippen LogP contribution in [0.1, 0.15) is 44.5 Å². The Morgan fingerprint density at radius 1 is 0.471 bits per heavy atom. The van der Waals surface area contributed by atoms with Gasteiger partial charge in [-0.15, -0.1) is 0 Å². The van der Waals surface area contributed by atoms with Crippen LogP contribution in [0.25, 0.3) is 0 Å². The van der Waals surface area contributed by atoms with Gasteiger partial charge in [-0.3, -0.25) is 0 Å². The van der Waals surface area contributed by atoms with Crippen molar-refractivity contribution in [2.75, 3.05) is 0 Å². The lowest BCUT2D eigenvalue weighted by molar-refractivity contribution is 0.411. The summed E-state index contributed by atoms with van der Waals surface area (Å²) in [6, 6.07) is 29.2. The molecule has 34 heavy (non-hydrogen) atoms. The third kappa shape index (κ3) is 4.13. The van der Waals surface area contributed by atoms with Crippen LogP contribution in [0, 0.1) is 0 Å². The lowest BCUT2D eigenvalue weighted by atomic mass is 10.0. The molecule has 0 spiro atoms. The van der Waals surface area contributed by atoms with Crippen LogP contribution >= 0.6 is 8.25 Å². The van der Waals surface area contributed by atoms with Gasteiger partial charge in [0, 0.05) is 15.7 Å². The van der Waals surface area contributed by atoms with Gasteiger partial charge in [0.15, 0.2) is 11.5 Å². The number of rotatable bonds is 4. The van der Waals surface area contributed by atoms with Crippen molar-refractivity contribution < 1.29 is 13.6 Å². The molecule has 4 heteroatoms. The highest BCUT2D eigenvalue weighted by molar-refractivity contribution is 7.34. The molecule has 4 aromatic carbocycles. The van der Waals surface area contributed by atoms with E-state index in [9.17, 15) is 4.57 Å². The molecule has 0 saturated carbocycles. The molecule has 2 aliphatic carbocycles. The molecule has 0 amide bonds. The van der Waals surface area contributed by atoms with Crippen LogP contribution in [0.15, 0.2) is 84.9 Å². The molecule has 0 aliphatic heterocycles. The van der Waals surface area contributed by atoms with Crippen molar-refractivity contribution in [3.05, 3.63) is 129 Å². The van der Waals surface area contributed by atoms with Gasteiger partial charge in [-0.25, -0.2) is 9.05 Å². The highest BCUT2D eigenvalue weighted by Crippen LogP contribution is 2.39. The van der Waals surface area contributed by atoms with Crippen molar-refractivity contribution in [3.8, 4) is 11.5 Å². The summed E-state index contributed by atoms with van der Waals surface area (Å²) < 4.78 is 24.9. The van der Waals surface area contributed by atoms with Crippen LogP contribution in [0.4, 0.5) is 0 Å². The average molecular weight is 466 g/mol. The summed E-state index contributed by atoms with van der Waals surface area (Å²) in [6.07, 6.45) is 5.37. The maximum Gasteiger partial charge on any atom is 0.805 e. The van der Waals surface area contributed by atoms with E-state index in [1.165, 1.54) is 33.4 Å². The smallest absolute Gasteiger partial charge is 0.222 e. The summed E-state index contributed by atoms with van der Waals surface area (Å²) in [7, 11) is -2.35. The van der Waals surface area contributed by atoms with E-state index >= 15 is 0 Å². The molecule has 0 bridgehead atoms. The Kier molecular flexibility index (Phi) is 5.65. The van der Waals surface area contributed by atoms with E-state index in [-0.39, 0.29) is 0 Å². The fourth-order valence-electron chi connectivity index (χ4n) is 5.35. The first-order valence-electron chi connectivity index (χ1n) is 11.9. The van der Waals surface area contributed by atoms with Crippen molar-refractivity contribution in [1.82, 2.24) is 0 Å². The Morgan fingerprint density at radius 3 is 1.35 bits per heavy atom. The van der Waals surface area contributed by atoms with Crippen LogP contribution in [0.2, 0.25) is 0 Å². The molecule has 0 radical (unpaired) electrons. The van der Waals surface area contributed by atoms with E-state index in [2.05, 4.69) is 60.7 Å². The standard InChI is InChI=1S/C30H26O3P/c31-34(32-29-13-5-11-25-19-23-9-3-1-7-21(23)15-17-27(25)29)33-30-14-6-12-26-20-24-10-4-2-8-22(24)16-18-28(26)30/h1-14H,15-20H2/q+1. The van der Waals surface area contributed by atoms with Gasteiger partial charge in [0.2, 0.25) is 0 Å². The Hall–Kier alpha value is -3.42. The van der Waals surface area contributed by atoms with Crippen LogP contribution in [0.3, 0.4) is 0 Å². The van der Waals surface area contributed by atoms with Crippen LogP contribution in [0.5, 0.6) is 11.5 Å². The number of fused-ring (bicyclic) bond motifs is 4. The summed E-state index contributed by atoms with van der Waals surface area (Å²) in [5.74, 6) is 1.33. The molecule has 3 nitrogen and oxygen atoms in total. The number of aryl methyl sites for hydroxylation is 2. The lowest BCUT2D eigenvalue weighted by Gasteiger charge is -2.09. The molecule has 0 heterocycles. The first-order chi connectivity index (χ1) is 16.7. The molecule has 0 N–H and O–H groups in total. The summed E-state index contributed by atoms with van der Waals surface area (Å²) in [5.41, 5.74) is 10.2. The van der Waals surface area contributed by atoms with Crippen molar-refractivity contribution in [1.29, 1.82) is 0 Å². The van der Waals surface area contributed by atoms with Gasteiger partial charge < -0.3 is 0 Å². The number of hydrogen-bond donors (Lipinski definition) is 0. The number of hydrogen-bond acceptors (Lipinski definition) is 3. The van der Waals surface area contributed by atoms with E-state index in [1.807, 2.05) is 24.3 Å². The molecule has 0 saturated heterocycles. The van der Waals surface area contributed by atoms with E-state index in [0.29, 0.717) is 11.5 Å². The largest absolute Gasteiger partial charge is 0.805 e. The fraction of sp³-hybridized carbons (Fsp3) is 0.200. The molecule has 6 rings (SSSR count). The third-order valence-electron chi connectivity index (χ3n) is 7.09. The summed E-state index contributed by atoms with van der Waals surface area (Å²) in [6.45, 7) is 0. The molecular formula is C30H26O3P+. The van der Waals surface area contributed by atoms with E-state index in [0.717, 1.165) is 49.7 Å². The Bertz CT molecular complexity index is 1290. The first-order valence-corrected chi connectivity index (χ1v) is 13.0. The van der Waals surface area contributed by atoms with Gasteiger partial charge in [0.1, 0.15) is 0 Å². The molecular weight excluding hydrogens is 439 g/mol. The van der Waals surface area contributed by atoms with Crippen LogP contribution < -0.4 is 9.05 Å². The zero-order chi connectivity index (χ0) is 22.9. The van der Waals surface area contributed by atoms with Gasteiger partial charge in [-0.2, -0.15) is 0 Å². The third-order valence-corrected chi connectivity index (χ3v) is 7.78. The first kappa shape index (κ1) is 21.1. The quantitative estimate of drug-likeness (QED) is 0.300. The van der Waals surface area contributed by atoms with Crippen LogP contribution in [-0.4, -0.2) is 0 Å². The second kappa shape index (κ2) is 9.08. The van der Waals surface area contributed by atoms with Gasteiger partial charge in [0.05, 0.1) is 0 Å². The topological polar surface area (TPSA) is 35.5 Å². The average Bonchev–Trinajstić information content (AvgIpc) is 3.16. The summed E-state index contributed by atoms with van der Waals surface area (Å²) >= 11 is 0. The predicted molar refractivity (Wildman–Crippen MR) is 135 cm³/mol. The molecule has 0 unspecified atom stereocenters. The van der Waals surface area contributed by atoms with E-state index in [4.69, 9.17) is 9.05 Å². The van der Waals surface area contributed by atoms with Gasteiger partial charge in [-0.1, -0.05) is 72.8 Å². The van der Waals surface area contributed by atoms with Crippen molar-refractivity contribution in [2.24, 2.45) is 0 Å². The monoisotopic (exact) mass is 465 g/mol. The number of benzene rings is 4. The van der Waals surface area contributed by atoms with E-state index < -0.39 is 8.25 Å².